The van der Waals surface area contributed by atoms with Crippen LogP contribution >= 0.6 is 0 Å². The third kappa shape index (κ3) is 7.17. The lowest BCUT2D eigenvalue weighted by atomic mass is 10.2. The van der Waals surface area contributed by atoms with Gasteiger partial charge >= 0.3 is 0 Å². The number of hydrogen-bond acceptors (Lipinski definition) is 8. The van der Waals surface area contributed by atoms with Gasteiger partial charge in [-0.1, -0.05) is 66.7 Å². The van der Waals surface area contributed by atoms with Crippen LogP contribution in [0.5, 0.6) is 0 Å². The van der Waals surface area contributed by atoms with E-state index in [0.29, 0.717) is 5.65 Å². The van der Waals surface area contributed by atoms with Crippen LogP contribution in [0.15, 0.2) is 147 Å². The molecule has 0 aliphatic rings. The van der Waals surface area contributed by atoms with Crippen molar-refractivity contribution in [2.75, 3.05) is 0 Å². The van der Waals surface area contributed by atoms with Gasteiger partial charge in [-0.15, -0.1) is 0 Å². The summed E-state index contributed by atoms with van der Waals surface area (Å²) in [5.41, 5.74) is 3.42. The van der Waals surface area contributed by atoms with Gasteiger partial charge in [0.15, 0.2) is 5.65 Å². The van der Waals surface area contributed by atoms with Gasteiger partial charge < -0.3 is 0 Å². The molecule has 8 aromatic rings. The van der Waals surface area contributed by atoms with E-state index in [-0.39, 0.29) is 0 Å². The van der Waals surface area contributed by atoms with Crippen LogP contribution in [0.3, 0.4) is 0 Å². The topological polar surface area (TPSA) is 103 Å². The summed E-state index contributed by atoms with van der Waals surface area (Å²) >= 11 is 0. The highest BCUT2D eigenvalue weighted by atomic mass is 14.9. The summed E-state index contributed by atoms with van der Waals surface area (Å²) in [6.07, 6.45) is 15.2. The summed E-state index contributed by atoms with van der Waals surface area (Å²) < 4.78 is 0. The summed E-state index contributed by atoms with van der Waals surface area (Å²) in [6.45, 7) is 0. The van der Waals surface area contributed by atoms with Gasteiger partial charge in [0, 0.05) is 48.0 Å². The molecule has 0 aliphatic heterocycles. The minimum absolute atomic E-state index is 0.637. The lowest BCUT2D eigenvalue weighted by Gasteiger charge is -1.91. The van der Waals surface area contributed by atoms with E-state index in [9.17, 15) is 0 Å². The summed E-state index contributed by atoms with van der Waals surface area (Å²) in [5, 5.41) is 4.73. The zero-order valence-corrected chi connectivity index (χ0v) is 21.4. The molecule has 0 unspecified atom stereocenters. The molecular formula is C32H24N8. The van der Waals surface area contributed by atoms with E-state index in [1.165, 1.54) is 22.5 Å². The molecule has 5 aromatic heterocycles. The molecule has 0 fully saturated rings. The van der Waals surface area contributed by atoms with Gasteiger partial charge in [-0.25, -0.2) is 29.9 Å². The number of rotatable bonds is 0. The van der Waals surface area contributed by atoms with Crippen molar-refractivity contribution in [2.24, 2.45) is 0 Å². The number of fused-ring (bicyclic) bond motifs is 4. The largest absolute Gasteiger partial charge is 0.264 e. The SMILES string of the molecule is c1ccc2cnccc2c1.c1ccc2ncccc2c1.c1ccc2ncncc2c1.c1cnc2ncncc2n1. The monoisotopic (exact) mass is 520 g/mol. The van der Waals surface area contributed by atoms with Crippen LogP contribution in [0.2, 0.25) is 0 Å². The second-order valence-electron chi connectivity index (χ2n) is 8.29. The Hall–Kier alpha value is -5.76. The molecule has 40 heavy (non-hydrogen) atoms. The number of para-hydroxylation sites is 2. The number of hydrogen-bond donors (Lipinski definition) is 0. The Morgan fingerprint density at radius 1 is 0.325 bits per heavy atom. The zero-order chi connectivity index (χ0) is 27.2. The molecule has 0 aliphatic carbocycles. The summed E-state index contributed by atoms with van der Waals surface area (Å²) in [6, 6.07) is 30.2. The molecule has 3 aromatic carbocycles. The summed E-state index contributed by atoms with van der Waals surface area (Å²) in [5.74, 6) is 0. The third-order valence-electron chi connectivity index (χ3n) is 5.63. The predicted molar refractivity (Wildman–Crippen MR) is 158 cm³/mol. The van der Waals surface area contributed by atoms with Crippen molar-refractivity contribution in [1.82, 2.24) is 39.9 Å². The molecule has 0 amide bonds. The standard InChI is InChI=1S/2C9H7N.C8H6N2.C6H4N4/c1-2-6-9-8(4-1)5-3-7-10-9;1-2-4-9-7-10-6-5-8(9)3-1;1-2-4-8-7(3-1)5-9-6-10-8;1-2-9-6-5(8-1)3-7-4-10-6/h2*1-7H;1-6H;1-4H. The maximum absolute atomic E-state index is 4.18. The van der Waals surface area contributed by atoms with Crippen LogP contribution < -0.4 is 0 Å². The Bertz CT molecular complexity index is 1400. The fourth-order valence-electron chi connectivity index (χ4n) is 3.69. The number of aromatic nitrogens is 8. The molecule has 5 heterocycles. The highest BCUT2D eigenvalue weighted by molar-refractivity contribution is 5.81. The predicted octanol–water partition coefficient (Wildman–Crippen LogP) is 6.52. The van der Waals surface area contributed by atoms with Gasteiger partial charge in [-0.2, -0.15) is 0 Å². The molecule has 0 spiro atoms. The molecule has 0 saturated heterocycles. The maximum Gasteiger partial charge on any atom is 0.181 e. The van der Waals surface area contributed by atoms with E-state index in [0.717, 1.165) is 21.9 Å². The normalized spacial score (nSPS) is 10.0. The first-order valence-electron chi connectivity index (χ1n) is 12.5. The maximum atomic E-state index is 4.18. The molecule has 8 heteroatoms. The lowest BCUT2D eigenvalue weighted by molar-refractivity contribution is 1.15. The highest BCUT2D eigenvalue weighted by Gasteiger charge is 1.91. The zero-order valence-electron chi connectivity index (χ0n) is 21.4. The fourth-order valence-corrected chi connectivity index (χ4v) is 3.69. The van der Waals surface area contributed by atoms with Crippen molar-refractivity contribution in [3.63, 3.8) is 0 Å². The minimum Gasteiger partial charge on any atom is -0.264 e. The molecule has 8 nitrogen and oxygen atoms in total. The van der Waals surface area contributed by atoms with Gasteiger partial charge in [0.1, 0.15) is 18.2 Å². The molecule has 0 radical (unpaired) electrons. The van der Waals surface area contributed by atoms with E-state index in [1.807, 2.05) is 91.5 Å². The smallest absolute Gasteiger partial charge is 0.181 e. The Morgan fingerprint density at radius 2 is 0.925 bits per heavy atom. The van der Waals surface area contributed by atoms with Gasteiger partial charge in [0.2, 0.25) is 0 Å². The van der Waals surface area contributed by atoms with E-state index in [4.69, 9.17) is 0 Å². The molecule has 0 saturated carbocycles. The molecule has 0 N–H and O–H groups in total. The third-order valence-corrected chi connectivity index (χ3v) is 5.63. The minimum atomic E-state index is 0.637. The van der Waals surface area contributed by atoms with E-state index < -0.39 is 0 Å². The molecular weight excluding hydrogens is 496 g/mol. The number of pyridine rings is 2. The number of nitrogens with zero attached hydrogens (tertiary/aromatic N) is 8. The first-order valence-corrected chi connectivity index (χ1v) is 12.5. The van der Waals surface area contributed by atoms with Crippen molar-refractivity contribution >= 4 is 43.7 Å². The molecule has 8 rings (SSSR count). The highest BCUT2D eigenvalue weighted by Crippen LogP contribution is 2.10. The van der Waals surface area contributed by atoms with E-state index >= 15 is 0 Å². The average molecular weight is 521 g/mol. The lowest BCUT2D eigenvalue weighted by Crippen LogP contribution is -1.85. The average Bonchev–Trinajstić information content (AvgIpc) is 3.06. The first-order chi connectivity index (χ1) is 19.9. The molecule has 0 bridgehead atoms. The van der Waals surface area contributed by atoms with Crippen LogP contribution in [0, 0.1) is 0 Å². The Morgan fingerprint density at radius 3 is 1.70 bits per heavy atom. The van der Waals surface area contributed by atoms with Crippen LogP contribution in [0.4, 0.5) is 0 Å². The van der Waals surface area contributed by atoms with E-state index in [1.54, 1.807) is 24.9 Å². The van der Waals surface area contributed by atoms with Crippen molar-refractivity contribution in [3.05, 3.63) is 147 Å². The fraction of sp³-hybridized carbons (Fsp3) is 0. The van der Waals surface area contributed by atoms with Gasteiger partial charge in [-0.3, -0.25) is 9.97 Å². The van der Waals surface area contributed by atoms with Gasteiger partial charge in [0.05, 0.1) is 17.2 Å². The van der Waals surface area contributed by atoms with E-state index in [2.05, 4.69) is 64.1 Å². The second kappa shape index (κ2) is 13.7. The first kappa shape index (κ1) is 25.9. The Balaban J connectivity index is 0.000000108. The van der Waals surface area contributed by atoms with Crippen LogP contribution in [0.25, 0.3) is 43.7 Å². The Labute approximate surface area is 230 Å². The second-order valence-corrected chi connectivity index (χ2v) is 8.29. The van der Waals surface area contributed by atoms with Crippen LogP contribution in [-0.2, 0) is 0 Å². The van der Waals surface area contributed by atoms with Crippen molar-refractivity contribution in [2.45, 2.75) is 0 Å². The van der Waals surface area contributed by atoms with Crippen LogP contribution in [0.1, 0.15) is 0 Å². The Kier molecular flexibility index (Phi) is 8.85. The number of benzene rings is 3. The molecule has 192 valence electrons. The van der Waals surface area contributed by atoms with Crippen molar-refractivity contribution in [3.8, 4) is 0 Å². The van der Waals surface area contributed by atoms with Crippen LogP contribution in [-0.4, -0.2) is 39.9 Å². The van der Waals surface area contributed by atoms with Gasteiger partial charge in [0.25, 0.3) is 0 Å². The van der Waals surface area contributed by atoms with Crippen molar-refractivity contribution in [1.29, 1.82) is 0 Å². The van der Waals surface area contributed by atoms with Gasteiger partial charge in [-0.05, 0) is 35.0 Å². The molecule has 0 atom stereocenters. The quantitative estimate of drug-likeness (QED) is 0.223. The summed E-state index contributed by atoms with van der Waals surface area (Å²) in [4.78, 5) is 31.8. The summed E-state index contributed by atoms with van der Waals surface area (Å²) in [7, 11) is 0. The van der Waals surface area contributed by atoms with Crippen molar-refractivity contribution < 1.29 is 0 Å².